The quantitative estimate of drug-likeness (QED) is 0.703. The first-order chi connectivity index (χ1) is 7.16. The minimum absolute atomic E-state index is 0.576. The van der Waals surface area contributed by atoms with Crippen LogP contribution in [0.2, 0.25) is 0 Å². The topological polar surface area (TPSA) is 24.4 Å². The van der Waals surface area contributed by atoms with Crippen molar-refractivity contribution in [1.29, 1.82) is 0 Å². The van der Waals surface area contributed by atoms with Crippen molar-refractivity contribution in [1.82, 2.24) is 5.32 Å². The maximum absolute atomic E-state index is 4.57. The summed E-state index contributed by atoms with van der Waals surface area (Å²) < 4.78 is 0. The van der Waals surface area contributed by atoms with Crippen LogP contribution in [-0.2, 0) is 0 Å². The van der Waals surface area contributed by atoms with Crippen LogP contribution in [0.1, 0.15) is 58.8 Å². The van der Waals surface area contributed by atoms with Gasteiger partial charge in [-0.25, -0.2) is 0 Å². The third kappa shape index (κ3) is 3.22. The second kappa shape index (κ2) is 4.54. The molecule has 1 fully saturated rings. The molecule has 86 valence electrons. The van der Waals surface area contributed by atoms with Gasteiger partial charge < -0.3 is 5.32 Å². The Morgan fingerprint density at radius 2 is 1.93 bits per heavy atom. The molecule has 1 aliphatic heterocycles. The second-order valence-corrected chi connectivity index (χ2v) is 5.87. The van der Waals surface area contributed by atoms with E-state index in [9.17, 15) is 0 Å². The maximum Gasteiger partial charge on any atom is 0.0965 e. The van der Waals surface area contributed by atoms with Crippen LogP contribution in [0.25, 0.3) is 0 Å². The highest BCUT2D eigenvalue weighted by molar-refractivity contribution is 5.82. The van der Waals surface area contributed by atoms with Gasteiger partial charge in [-0.15, -0.1) is 0 Å². The van der Waals surface area contributed by atoms with Crippen LogP contribution in [0.15, 0.2) is 4.99 Å². The van der Waals surface area contributed by atoms with Crippen molar-refractivity contribution in [3.05, 3.63) is 0 Å². The van der Waals surface area contributed by atoms with Crippen molar-refractivity contribution in [2.24, 2.45) is 10.4 Å². The van der Waals surface area contributed by atoms with Gasteiger partial charge in [-0.2, -0.15) is 0 Å². The Balaban J connectivity index is 1.79. The average Bonchev–Trinajstić information content (AvgIpc) is 2.23. The fraction of sp³-hybridized carbons (Fsp3) is 0.923. The molecule has 0 amide bonds. The molecular weight excluding hydrogens is 184 g/mol. The van der Waals surface area contributed by atoms with E-state index in [-0.39, 0.29) is 0 Å². The molecular formula is C13H24N2. The fourth-order valence-electron chi connectivity index (χ4n) is 2.59. The van der Waals surface area contributed by atoms with Crippen molar-refractivity contribution in [3.8, 4) is 0 Å². The van der Waals surface area contributed by atoms with Gasteiger partial charge in [0.25, 0.3) is 0 Å². The van der Waals surface area contributed by atoms with Gasteiger partial charge in [0.1, 0.15) is 0 Å². The molecule has 0 spiro atoms. The highest BCUT2D eigenvalue weighted by Crippen LogP contribution is 2.35. The molecule has 0 aromatic heterocycles. The van der Waals surface area contributed by atoms with Gasteiger partial charge in [-0.1, -0.05) is 13.8 Å². The van der Waals surface area contributed by atoms with Crippen molar-refractivity contribution in [3.63, 3.8) is 0 Å². The van der Waals surface area contributed by atoms with Gasteiger partial charge in [0.2, 0.25) is 0 Å². The van der Waals surface area contributed by atoms with Gasteiger partial charge >= 0.3 is 0 Å². The largest absolute Gasteiger partial charge is 0.371 e. The molecule has 0 aromatic rings. The molecule has 0 saturated heterocycles. The number of amidine groups is 1. The van der Waals surface area contributed by atoms with E-state index in [1.807, 2.05) is 0 Å². The van der Waals surface area contributed by atoms with E-state index in [0.717, 1.165) is 6.54 Å². The summed E-state index contributed by atoms with van der Waals surface area (Å²) in [6.45, 7) is 5.82. The first kappa shape index (κ1) is 11.0. The zero-order valence-electron chi connectivity index (χ0n) is 10.2. The van der Waals surface area contributed by atoms with Crippen LogP contribution < -0.4 is 5.32 Å². The highest BCUT2D eigenvalue weighted by atomic mass is 15.0. The lowest BCUT2D eigenvalue weighted by molar-refractivity contribution is 0.216. The van der Waals surface area contributed by atoms with Crippen molar-refractivity contribution in [2.75, 3.05) is 6.54 Å². The fourth-order valence-corrected chi connectivity index (χ4v) is 2.59. The maximum atomic E-state index is 4.57. The molecule has 1 aliphatic carbocycles. The summed E-state index contributed by atoms with van der Waals surface area (Å²) in [4.78, 5) is 4.57. The van der Waals surface area contributed by atoms with Crippen molar-refractivity contribution in [2.45, 2.75) is 64.8 Å². The Morgan fingerprint density at radius 3 is 2.53 bits per heavy atom. The van der Waals surface area contributed by atoms with Crippen molar-refractivity contribution >= 4 is 5.84 Å². The van der Waals surface area contributed by atoms with Crippen LogP contribution in [0, 0.1) is 5.41 Å². The molecule has 0 atom stereocenters. The molecule has 0 bridgehead atoms. The molecule has 2 nitrogen and oxygen atoms in total. The molecule has 1 N–H and O–H groups in total. The summed E-state index contributed by atoms with van der Waals surface area (Å²) in [5.74, 6) is 1.28. The van der Waals surface area contributed by atoms with E-state index in [1.165, 1.54) is 50.8 Å². The summed E-state index contributed by atoms with van der Waals surface area (Å²) >= 11 is 0. The lowest BCUT2D eigenvalue weighted by Crippen LogP contribution is -2.40. The number of nitrogens with zero attached hydrogens (tertiary/aromatic N) is 1. The zero-order valence-corrected chi connectivity index (χ0v) is 10.2. The molecule has 2 rings (SSSR count). The van der Waals surface area contributed by atoms with Crippen LogP contribution in [0.5, 0.6) is 0 Å². The Labute approximate surface area is 93.6 Å². The SMILES string of the molecule is CC1(C)CCC(NC2=NCCCC2)CC1. The highest BCUT2D eigenvalue weighted by Gasteiger charge is 2.27. The Hall–Kier alpha value is -0.530. The number of hydrogen-bond donors (Lipinski definition) is 1. The Morgan fingerprint density at radius 1 is 1.20 bits per heavy atom. The molecule has 0 unspecified atom stereocenters. The van der Waals surface area contributed by atoms with Gasteiger partial charge in [0.05, 0.1) is 5.84 Å². The molecule has 0 radical (unpaired) electrons. The number of rotatable bonds is 1. The summed E-state index contributed by atoms with van der Waals surface area (Å²) in [5, 5.41) is 3.65. The van der Waals surface area contributed by atoms with Gasteiger partial charge in [-0.3, -0.25) is 4.99 Å². The summed E-state index contributed by atoms with van der Waals surface area (Å²) in [7, 11) is 0. The first-order valence-electron chi connectivity index (χ1n) is 6.46. The molecule has 1 heterocycles. The predicted octanol–water partition coefficient (Wildman–Crippen LogP) is 3.13. The van der Waals surface area contributed by atoms with E-state index >= 15 is 0 Å². The summed E-state index contributed by atoms with van der Waals surface area (Å²) in [6.07, 6.45) is 9.15. The molecule has 2 aliphatic rings. The zero-order chi connectivity index (χ0) is 10.7. The predicted molar refractivity (Wildman–Crippen MR) is 65.3 cm³/mol. The standard InChI is InChI=1S/C13H24N2/c1-13(2)8-6-11(7-9-13)15-12-5-3-4-10-14-12/h11H,3-10H2,1-2H3,(H,14,15). The van der Waals surface area contributed by atoms with Gasteiger partial charge in [-0.05, 0) is 43.9 Å². The molecule has 0 aromatic carbocycles. The Kier molecular flexibility index (Phi) is 3.32. The molecule has 1 saturated carbocycles. The summed E-state index contributed by atoms with van der Waals surface area (Å²) in [6, 6.07) is 0.704. The minimum Gasteiger partial charge on any atom is -0.371 e. The normalized spacial score (nSPS) is 27.2. The van der Waals surface area contributed by atoms with E-state index in [4.69, 9.17) is 0 Å². The lowest BCUT2D eigenvalue weighted by Gasteiger charge is -2.35. The van der Waals surface area contributed by atoms with Crippen molar-refractivity contribution < 1.29 is 0 Å². The van der Waals surface area contributed by atoms with Crippen LogP contribution in [0.4, 0.5) is 0 Å². The average molecular weight is 208 g/mol. The third-order valence-electron chi connectivity index (χ3n) is 3.83. The van der Waals surface area contributed by atoms with E-state index in [1.54, 1.807) is 0 Å². The summed E-state index contributed by atoms with van der Waals surface area (Å²) in [5.41, 5.74) is 0.576. The smallest absolute Gasteiger partial charge is 0.0965 e. The first-order valence-corrected chi connectivity index (χ1v) is 6.46. The number of nitrogens with one attached hydrogen (secondary N) is 1. The number of hydrogen-bond acceptors (Lipinski definition) is 2. The van der Waals surface area contributed by atoms with Gasteiger partial charge in [0.15, 0.2) is 0 Å². The van der Waals surface area contributed by atoms with E-state index in [0.29, 0.717) is 11.5 Å². The van der Waals surface area contributed by atoms with Crippen LogP contribution in [0.3, 0.4) is 0 Å². The minimum atomic E-state index is 0.576. The third-order valence-corrected chi connectivity index (χ3v) is 3.83. The molecule has 15 heavy (non-hydrogen) atoms. The second-order valence-electron chi connectivity index (χ2n) is 5.87. The van der Waals surface area contributed by atoms with E-state index in [2.05, 4.69) is 24.2 Å². The van der Waals surface area contributed by atoms with E-state index < -0.39 is 0 Å². The molecule has 2 heteroatoms. The van der Waals surface area contributed by atoms with Crippen LogP contribution >= 0.6 is 0 Å². The monoisotopic (exact) mass is 208 g/mol. The lowest BCUT2D eigenvalue weighted by atomic mass is 9.75. The van der Waals surface area contributed by atoms with Crippen LogP contribution in [-0.4, -0.2) is 18.4 Å². The van der Waals surface area contributed by atoms with Gasteiger partial charge in [0, 0.05) is 19.0 Å². The Bertz CT molecular complexity index is 233. The number of aliphatic imine (C=N–C) groups is 1.